The lowest BCUT2D eigenvalue weighted by Crippen LogP contribution is -2.48. The van der Waals surface area contributed by atoms with Gasteiger partial charge in [-0.15, -0.1) is 0 Å². The molecule has 1 heterocycles. The monoisotopic (exact) mass is 989 g/mol. The first-order chi connectivity index (χ1) is 29.6. The molecule has 66 heavy (non-hydrogen) atoms. The summed E-state index contributed by atoms with van der Waals surface area (Å²) < 4.78 is 36.1. The molecule has 0 spiro atoms. The van der Waals surface area contributed by atoms with E-state index in [0.717, 1.165) is 25.7 Å². The van der Waals surface area contributed by atoms with Crippen LogP contribution in [0.3, 0.4) is 0 Å². The van der Waals surface area contributed by atoms with Crippen molar-refractivity contribution in [2.75, 3.05) is 0 Å². The van der Waals surface area contributed by atoms with Crippen molar-refractivity contribution in [1.82, 2.24) is 0 Å². The minimum Gasteiger partial charge on any atom is -0.458 e. The lowest BCUT2D eigenvalue weighted by molar-refractivity contribution is -0.150. The predicted octanol–water partition coefficient (Wildman–Crippen LogP) is 17.3. The van der Waals surface area contributed by atoms with Crippen molar-refractivity contribution in [2.45, 2.75) is 253 Å². The first kappa shape index (κ1) is 62.9. The van der Waals surface area contributed by atoms with Crippen LogP contribution in [0, 0.1) is 35.5 Å². The molecule has 0 aromatic carbocycles. The lowest BCUT2D eigenvalue weighted by atomic mass is 9.82. The van der Waals surface area contributed by atoms with Gasteiger partial charge in [-0.2, -0.15) is 0 Å². The van der Waals surface area contributed by atoms with E-state index < -0.39 is 39.4 Å². The molecule has 0 aliphatic carbocycles. The average Bonchev–Trinajstić information content (AvgIpc) is 3.14. The van der Waals surface area contributed by atoms with Crippen LogP contribution in [0.2, 0.25) is 72.5 Å². The zero-order valence-electron chi connectivity index (χ0n) is 48.0. The summed E-state index contributed by atoms with van der Waals surface area (Å²) in [4.78, 5) is 13.9. The molecule has 0 N–H and O–H groups in total. The number of ether oxygens (including phenoxy) is 1. The number of hydrogen-bond acceptors (Lipinski definition) is 6. The molecule has 0 radical (unpaired) electrons. The quantitative estimate of drug-likeness (QED) is 0.0890. The van der Waals surface area contributed by atoms with Gasteiger partial charge in [-0.25, -0.2) is 4.79 Å². The second-order valence-corrected chi connectivity index (χ2v) is 45.8. The molecule has 11 atom stereocenters. The Balaban J connectivity index is 4.21. The summed E-state index contributed by atoms with van der Waals surface area (Å²) in [7, 11) is -8.76. The summed E-state index contributed by atoms with van der Waals surface area (Å²) >= 11 is 0. The Morgan fingerprint density at radius 1 is 0.621 bits per heavy atom. The van der Waals surface area contributed by atoms with Gasteiger partial charge < -0.3 is 22.4 Å². The van der Waals surface area contributed by atoms with Crippen molar-refractivity contribution in [2.24, 2.45) is 35.5 Å². The molecule has 6 nitrogen and oxygen atoms in total. The fourth-order valence-corrected chi connectivity index (χ4v) is 13.4. The van der Waals surface area contributed by atoms with Crippen LogP contribution in [0.1, 0.15) is 150 Å². The topological polar surface area (TPSA) is 63.2 Å². The Kier molecular flexibility index (Phi) is 23.6. The van der Waals surface area contributed by atoms with E-state index in [4.69, 9.17) is 22.4 Å². The van der Waals surface area contributed by atoms with Crippen molar-refractivity contribution in [3.63, 3.8) is 0 Å². The summed E-state index contributed by atoms with van der Waals surface area (Å²) in [6, 6.07) is 0. The molecule has 0 fully saturated rings. The van der Waals surface area contributed by atoms with Gasteiger partial charge in [0.2, 0.25) is 0 Å². The van der Waals surface area contributed by atoms with Gasteiger partial charge in [-0.05, 0) is 115 Å². The lowest BCUT2D eigenvalue weighted by Gasteiger charge is -2.44. The Labute approximate surface area is 414 Å². The highest BCUT2D eigenvalue weighted by Crippen LogP contribution is 2.44. The number of allylic oxidation sites excluding steroid dienone is 4. The van der Waals surface area contributed by atoms with Gasteiger partial charge in [0.05, 0.1) is 24.4 Å². The Morgan fingerprint density at radius 3 is 1.58 bits per heavy atom. The van der Waals surface area contributed by atoms with Gasteiger partial charge in [0.1, 0.15) is 6.10 Å². The maximum Gasteiger partial charge on any atom is 0.331 e. The number of carbonyl (C=O) groups excluding carboxylic acids is 1. The molecule has 0 unspecified atom stereocenters. The maximum absolute atomic E-state index is 13.9. The van der Waals surface area contributed by atoms with Gasteiger partial charge in [0.25, 0.3) is 0 Å². The minimum atomic E-state index is -2.21. The van der Waals surface area contributed by atoms with E-state index in [1.54, 1.807) is 12.2 Å². The number of rotatable bonds is 11. The van der Waals surface area contributed by atoms with Crippen LogP contribution in [0.15, 0.2) is 61.3 Å². The second-order valence-electron chi connectivity index (χ2n) is 26.8. The largest absolute Gasteiger partial charge is 0.458 e. The summed E-state index contributed by atoms with van der Waals surface area (Å²) in [5.41, 5.74) is 0. The molecule has 0 aromatic heterocycles. The van der Waals surface area contributed by atoms with Crippen molar-refractivity contribution >= 4 is 39.2 Å². The van der Waals surface area contributed by atoms with Gasteiger partial charge in [-0.1, -0.05) is 180 Å². The molecule has 0 aromatic rings. The molecular weight excluding hydrogens is 881 g/mol. The summed E-state index contributed by atoms with van der Waals surface area (Å²) in [6.07, 6.45) is 21.2. The van der Waals surface area contributed by atoms with Crippen LogP contribution in [0.5, 0.6) is 0 Å². The predicted molar refractivity (Wildman–Crippen MR) is 298 cm³/mol. The second kappa shape index (κ2) is 24.8. The molecule has 1 aliphatic heterocycles. The van der Waals surface area contributed by atoms with E-state index in [0.29, 0.717) is 11.8 Å². The fourth-order valence-electron chi connectivity index (χ4n) is 7.80. The smallest absolute Gasteiger partial charge is 0.331 e. The Morgan fingerprint density at radius 2 is 1.09 bits per heavy atom. The van der Waals surface area contributed by atoms with Gasteiger partial charge >= 0.3 is 5.97 Å². The molecule has 0 bridgehead atoms. The van der Waals surface area contributed by atoms with Crippen molar-refractivity contribution in [3.8, 4) is 0 Å². The van der Waals surface area contributed by atoms with E-state index in [-0.39, 0.29) is 74.2 Å². The minimum absolute atomic E-state index is 0.0296. The first-order valence-corrected chi connectivity index (χ1v) is 37.5. The third-order valence-electron chi connectivity index (χ3n) is 16.7. The molecule has 1 rings (SSSR count). The molecule has 10 heteroatoms. The van der Waals surface area contributed by atoms with Crippen molar-refractivity contribution in [3.05, 3.63) is 61.3 Å². The summed E-state index contributed by atoms with van der Waals surface area (Å²) in [5.74, 6) is 0.522. The van der Waals surface area contributed by atoms with E-state index in [9.17, 15) is 4.79 Å². The third-order valence-corrected chi connectivity index (χ3v) is 34.6. The van der Waals surface area contributed by atoms with Gasteiger partial charge in [0.15, 0.2) is 33.3 Å². The maximum atomic E-state index is 13.9. The zero-order chi connectivity index (χ0) is 51.7. The Bertz CT molecular complexity index is 1620. The van der Waals surface area contributed by atoms with E-state index in [1.165, 1.54) is 0 Å². The van der Waals surface area contributed by atoms with Crippen LogP contribution in [-0.2, 0) is 27.2 Å². The van der Waals surface area contributed by atoms with Crippen LogP contribution in [-0.4, -0.2) is 69.8 Å². The SMILES string of the molecule is C=CC=C[C@H](C)[C@@H]1OC(=O)C=CC=C[C@H](C)[C@@H](O[Si](C)(C)C(C)(C)C)C[C@H](O[Si](C)(C)C(C)(C)C)C=C[C@H](C)[C@H](O[Si](C)(C)C(C)(C)C)[C@H](C)C[C@@H](C)CC[C@@H](O[Si](C)(C)C(C)(C)C)[C@H]1C. The molecule has 384 valence electrons. The highest BCUT2D eigenvalue weighted by Gasteiger charge is 2.45. The van der Waals surface area contributed by atoms with Crippen molar-refractivity contribution < 1.29 is 27.2 Å². The first-order valence-electron chi connectivity index (χ1n) is 25.8. The van der Waals surface area contributed by atoms with Crippen LogP contribution >= 0.6 is 0 Å². The molecule has 0 amide bonds. The number of esters is 1. The Hall–Kier alpha value is -1.12. The highest BCUT2D eigenvalue weighted by atomic mass is 28.4. The van der Waals surface area contributed by atoms with Crippen LogP contribution < -0.4 is 0 Å². The molecular formula is C56H108O6Si4. The molecule has 1 aliphatic rings. The number of cyclic esters (lactones) is 1. The summed E-state index contributed by atoms with van der Waals surface area (Å²) in [6.45, 7) is 64.5. The summed E-state index contributed by atoms with van der Waals surface area (Å²) in [5, 5.41) is 0.176. The van der Waals surface area contributed by atoms with Crippen molar-refractivity contribution in [1.29, 1.82) is 0 Å². The van der Waals surface area contributed by atoms with E-state index in [1.807, 2.05) is 18.2 Å². The standard InChI is InChI=1S/C56H108O6Si4/c1-28-29-32-43(4)52-46(7)48(60-64(22,23)54(11,12)13)38-35-41(2)39-45(6)51(62-66(26,27)56(17,18)19)44(5)36-37-47(59-63(20,21)53(8,9)10)40-49(61-65(24,25)55(14,15)16)42(3)33-30-31-34-50(57)58-52/h28-34,36-37,41-49,51-52H,1,35,38-40H2,2-27H3/t41-,42-,43-,44-,45+,46+,47+,48+,49-,51-,52-/m0/s1. The zero-order valence-corrected chi connectivity index (χ0v) is 52.0. The number of hydrogen-bond donors (Lipinski definition) is 0. The normalized spacial score (nSPS) is 29.3. The van der Waals surface area contributed by atoms with Crippen LogP contribution in [0.4, 0.5) is 0 Å². The van der Waals surface area contributed by atoms with Gasteiger partial charge in [0, 0.05) is 24.3 Å². The van der Waals surface area contributed by atoms with E-state index >= 15 is 0 Å². The average molecular weight is 990 g/mol. The molecule has 0 saturated heterocycles. The van der Waals surface area contributed by atoms with Gasteiger partial charge in [-0.3, -0.25) is 0 Å². The van der Waals surface area contributed by atoms with E-state index in [2.05, 4.69) is 208 Å². The van der Waals surface area contributed by atoms with Crippen LogP contribution in [0.25, 0.3) is 0 Å². The molecule has 0 saturated carbocycles. The highest BCUT2D eigenvalue weighted by molar-refractivity contribution is 6.75. The fraction of sp³-hybridized carbons (Fsp3) is 0.804. The third kappa shape index (κ3) is 19.2. The number of carbonyl (C=O) groups is 1.